The first-order valence-corrected chi connectivity index (χ1v) is 6.62. The van der Waals surface area contributed by atoms with Gasteiger partial charge in [0.15, 0.2) is 0 Å². The summed E-state index contributed by atoms with van der Waals surface area (Å²) in [6.07, 6.45) is 9.87. The van der Waals surface area contributed by atoms with Gasteiger partial charge in [0.05, 0.1) is 0 Å². The molecule has 0 radical (unpaired) electrons. The van der Waals surface area contributed by atoms with Gasteiger partial charge >= 0.3 is 0 Å². The summed E-state index contributed by atoms with van der Waals surface area (Å²) < 4.78 is 0. The monoisotopic (exact) mass is 207 g/mol. The van der Waals surface area contributed by atoms with Gasteiger partial charge in [-0.3, -0.25) is 4.79 Å². The van der Waals surface area contributed by atoms with E-state index < -0.39 is 0 Å². The van der Waals surface area contributed by atoms with Crippen LogP contribution in [-0.4, -0.2) is 17.9 Å². The Labute approximate surface area is 91.8 Å². The van der Waals surface area contributed by atoms with E-state index in [1.165, 1.54) is 38.5 Å². The molecule has 3 aliphatic rings. The van der Waals surface area contributed by atoms with Crippen molar-refractivity contribution >= 4 is 5.78 Å². The summed E-state index contributed by atoms with van der Waals surface area (Å²) in [5, 5.41) is 3.66. The minimum absolute atomic E-state index is 0.409. The van der Waals surface area contributed by atoms with Crippen LogP contribution in [0.1, 0.15) is 51.4 Å². The third-order valence-electron chi connectivity index (χ3n) is 4.62. The lowest BCUT2D eigenvalue weighted by Gasteiger charge is -2.41. The molecule has 2 heteroatoms. The van der Waals surface area contributed by atoms with Crippen LogP contribution in [0, 0.1) is 11.8 Å². The Balaban J connectivity index is 1.63. The molecule has 2 unspecified atom stereocenters. The van der Waals surface area contributed by atoms with E-state index in [-0.39, 0.29) is 0 Å². The van der Waals surface area contributed by atoms with E-state index in [2.05, 4.69) is 5.32 Å². The maximum Gasteiger partial charge on any atom is 0.139 e. The second-order valence-corrected chi connectivity index (χ2v) is 5.69. The van der Waals surface area contributed by atoms with Crippen LogP contribution in [-0.2, 0) is 4.79 Å². The molecule has 2 nitrogen and oxygen atoms in total. The van der Waals surface area contributed by atoms with Gasteiger partial charge < -0.3 is 5.32 Å². The quantitative estimate of drug-likeness (QED) is 0.752. The second-order valence-electron chi connectivity index (χ2n) is 5.69. The van der Waals surface area contributed by atoms with Gasteiger partial charge in [-0.1, -0.05) is 12.8 Å². The molecule has 1 aliphatic carbocycles. The summed E-state index contributed by atoms with van der Waals surface area (Å²) in [6.45, 7) is 0. The highest BCUT2D eigenvalue weighted by molar-refractivity contribution is 5.84. The SMILES string of the molecule is O=C(C1CCC1)C1CC2CCCC(C1)N2. The van der Waals surface area contributed by atoms with E-state index in [9.17, 15) is 4.79 Å². The zero-order valence-corrected chi connectivity index (χ0v) is 9.37. The number of piperidine rings is 2. The minimum atomic E-state index is 0.409. The van der Waals surface area contributed by atoms with Crippen LogP contribution >= 0.6 is 0 Å². The average Bonchev–Trinajstić information content (AvgIpc) is 2.14. The molecule has 0 spiro atoms. The molecule has 0 aromatic heterocycles. The van der Waals surface area contributed by atoms with Crippen LogP contribution in [0.2, 0.25) is 0 Å². The maximum absolute atomic E-state index is 12.2. The summed E-state index contributed by atoms with van der Waals surface area (Å²) in [5.74, 6) is 1.47. The normalized spacial score (nSPS) is 40.9. The molecular weight excluding hydrogens is 186 g/mol. The van der Waals surface area contributed by atoms with E-state index in [1.807, 2.05) is 0 Å². The van der Waals surface area contributed by atoms with Gasteiger partial charge in [0.1, 0.15) is 5.78 Å². The van der Waals surface area contributed by atoms with Crippen molar-refractivity contribution < 1.29 is 4.79 Å². The topological polar surface area (TPSA) is 29.1 Å². The van der Waals surface area contributed by atoms with Gasteiger partial charge in [0.2, 0.25) is 0 Å². The first-order chi connectivity index (χ1) is 7.33. The summed E-state index contributed by atoms with van der Waals surface area (Å²) in [4.78, 5) is 12.2. The number of hydrogen-bond donors (Lipinski definition) is 1. The Morgan fingerprint density at radius 1 is 0.867 bits per heavy atom. The molecule has 1 saturated carbocycles. The van der Waals surface area contributed by atoms with Gasteiger partial charge in [-0.15, -0.1) is 0 Å². The minimum Gasteiger partial charge on any atom is -0.311 e. The van der Waals surface area contributed by atoms with Crippen molar-refractivity contribution in [3.8, 4) is 0 Å². The molecule has 2 heterocycles. The van der Waals surface area contributed by atoms with Crippen molar-refractivity contribution in [3.05, 3.63) is 0 Å². The molecule has 0 aromatic rings. The average molecular weight is 207 g/mol. The van der Waals surface area contributed by atoms with Gasteiger partial charge in [-0.25, -0.2) is 0 Å². The number of Topliss-reactive ketones (excluding diaryl/α,β-unsaturated/α-hetero) is 1. The second kappa shape index (κ2) is 3.89. The first-order valence-electron chi connectivity index (χ1n) is 6.62. The fraction of sp³-hybridized carbons (Fsp3) is 0.923. The van der Waals surface area contributed by atoms with Crippen LogP contribution in [0.3, 0.4) is 0 Å². The maximum atomic E-state index is 12.2. The van der Waals surface area contributed by atoms with Crippen LogP contribution < -0.4 is 5.32 Å². The third-order valence-corrected chi connectivity index (χ3v) is 4.62. The summed E-state index contributed by atoms with van der Waals surface area (Å²) in [7, 11) is 0. The molecule has 84 valence electrons. The Hall–Kier alpha value is -0.370. The van der Waals surface area contributed by atoms with Crippen LogP contribution in [0.5, 0.6) is 0 Å². The highest BCUT2D eigenvalue weighted by Crippen LogP contribution is 2.36. The molecule has 1 N–H and O–H groups in total. The predicted molar refractivity (Wildman–Crippen MR) is 59.6 cm³/mol. The van der Waals surface area contributed by atoms with E-state index >= 15 is 0 Å². The zero-order valence-electron chi connectivity index (χ0n) is 9.37. The molecule has 2 atom stereocenters. The van der Waals surface area contributed by atoms with Gasteiger partial charge in [0.25, 0.3) is 0 Å². The number of rotatable bonds is 2. The molecule has 0 aromatic carbocycles. The number of carbonyl (C=O) groups excluding carboxylic acids is 1. The summed E-state index contributed by atoms with van der Waals surface area (Å²) in [5.41, 5.74) is 0. The lowest BCUT2D eigenvalue weighted by Crippen LogP contribution is -2.51. The zero-order chi connectivity index (χ0) is 10.3. The van der Waals surface area contributed by atoms with E-state index in [0.717, 1.165) is 12.8 Å². The molecule has 2 aliphatic heterocycles. The highest BCUT2D eigenvalue weighted by Gasteiger charge is 2.38. The van der Waals surface area contributed by atoms with Crippen molar-refractivity contribution in [3.63, 3.8) is 0 Å². The van der Waals surface area contributed by atoms with Gasteiger partial charge in [-0.2, -0.15) is 0 Å². The fourth-order valence-corrected chi connectivity index (χ4v) is 3.52. The Bertz CT molecular complexity index is 247. The third kappa shape index (κ3) is 1.84. The van der Waals surface area contributed by atoms with E-state index in [0.29, 0.717) is 29.7 Å². The fourth-order valence-electron chi connectivity index (χ4n) is 3.52. The molecular formula is C13H21NO. The van der Waals surface area contributed by atoms with Crippen LogP contribution in [0.4, 0.5) is 0 Å². The highest BCUT2D eigenvalue weighted by atomic mass is 16.1. The molecule has 2 saturated heterocycles. The molecule has 0 amide bonds. The Morgan fingerprint density at radius 2 is 1.47 bits per heavy atom. The summed E-state index contributed by atoms with van der Waals surface area (Å²) >= 11 is 0. The van der Waals surface area contributed by atoms with Gasteiger partial charge in [-0.05, 0) is 38.5 Å². The van der Waals surface area contributed by atoms with Crippen molar-refractivity contribution in [1.82, 2.24) is 5.32 Å². The van der Waals surface area contributed by atoms with Crippen LogP contribution in [0.15, 0.2) is 0 Å². The summed E-state index contributed by atoms with van der Waals surface area (Å²) in [6, 6.07) is 1.32. The van der Waals surface area contributed by atoms with Gasteiger partial charge in [0, 0.05) is 23.9 Å². The van der Waals surface area contributed by atoms with E-state index in [1.54, 1.807) is 0 Å². The largest absolute Gasteiger partial charge is 0.311 e. The number of fused-ring (bicyclic) bond motifs is 2. The Morgan fingerprint density at radius 3 is 2.00 bits per heavy atom. The predicted octanol–water partition coefficient (Wildman–Crippen LogP) is 2.28. The van der Waals surface area contributed by atoms with Crippen molar-refractivity contribution in [2.45, 2.75) is 63.5 Å². The lowest BCUT2D eigenvalue weighted by atomic mass is 9.71. The molecule has 3 fully saturated rings. The molecule has 2 bridgehead atoms. The molecule has 3 rings (SSSR count). The lowest BCUT2D eigenvalue weighted by molar-refractivity contribution is -0.131. The van der Waals surface area contributed by atoms with E-state index in [4.69, 9.17) is 0 Å². The molecule has 15 heavy (non-hydrogen) atoms. The Kier molecular flexibility index (Phi) is 2.55. The number of ketones is 1. The van der Waals surface area contributed by atoms with Crippen molar-refractivity contribution in [1.29, 1.82) is 0 Å². The standard InChI is InChI=1S/C13H21NO/c15-13(9-3-1-4-9)10-7-11-5-2-6-12(8-10)14-11/h9-12,14H,1-8H2. The van der Waals surface area contributed by atoms with Crippen molar-refractivity contribution in [2.75, 3.05) is 0 Å². The number of nitrogens with one attached hydrogen (secondary N) is 1. The van der Waals surface area contributed by atoms with Crippen molar-refractivity contribution in [2.24, 2.45) is 11.8 Å². The number of hydrogen-bond acceptors (Lipinski definition) is 2. The first kappa shape index (κ1) is 9.83. The number of carbonyl (C=O) groups is 1. The van der Waals surface area contributed by atoms with Crippen LogP contribution in [0.25, 0.3) is 0 Å². The smallest absolute Gasteiger partial charge is 0.139 e.